The molecule has 0 aliphatic carbocycles. The number of ether oxygens (including phenoxy) is 1. The van der Waals surface area contributed by atoms with Crippen molar-refractivity contribution >= 4 is 29.1 Å². The standard InChI is InChI=1S/C24H19ClFN5O3/c1-14-21(22(25)31(30-14)13-15-5-7-17(26)8-6-15)24(33)29-18-9-10-20(28-12-18)34-19-4-2-3-16(11-19)23(27)32/h2-12H,13H2,1H3,(H2,27,32)(H,29,33). The van der Waals surface area contributed by atoms with Gasteiger partial charge in [-0.3, -0.25) is 9.59 Å². The van der Waals surface area contributed by atoms with Crippen LogP contribution >= 0.6 is 11.6 Å². The first-order valence-electron chi connectivity index (χ1n) is 10.1. The van der Waals surface area contributed by atoms with Crippen molar-refractivity contribution in [1.29, 1.82) is 0 Å². The van der Waals surface area contributed by atoms with Crippen LogP contribution in [0.3, 0.4) is 0 Å². The van der Waals surface area contributed by atoms with Crippen molar-refractivity contribution in [2.24, 2.45) is 5.73 Å². The van der Waals surface area contributed by atoms with Gasteiger partial charge in [0, 0.05) is 11.6 Å². The molecular formula is C24H19ClFN5O3. The fourth-order valence-electron chi connectivity index (χ4n) is 3.22. The lowest BCUT2D eigenvalue weighted by Crippen LogP contribution is -2.13. The van der Waals surface area contributed by atoms with Gasteiger partial charge >= 0.3 is 0 Å². The summed E-state index contributed by atoms with van der Waals surface area (Å²) >= 11 is 6.42. The van der Waals surface area contributed by atoms with E-state index in [1.165, 1.54) is 29.1 Å². The molecule has 10 heteroatoms. The van der Waals surface area contributed by atoms with Crippen LogP contribution in [0.25, 0.3) is 0 Å². The first-order chi connectivity index (χ1) is 16.3. The molecular weight excluding hydrogens is 461 g/mol. The van der Waals surface area contributed by atoms with Gasteiger partial charge < -0.3 is 15.8 Å². The number of carbonyl (C=O) groups is 2. The molecule has 2 heterocycles. The summed E-state index contributed by atoms with van der Waals surface area (Å²) in [6, 6.07) is 15.5. The molecule has 2 aromatic carbocycles. The van der Waals surface area contributed by atoms with E-state index in [2.05, 4.69) is 15.4 Å². The van der Waals surface area contributed by atoms with E-state index in [0.29, 0.717) is 22.7 Å². The van der Waals surface area contributed by atoms with Crippen LogP contribution in [-0.2, 0) is 6.54 Å². The summed E-state index contributed by atoms with van der Waals surface area (Å²) in [6.45, 7) is 1.97. The lowest BCUT2D eigenvalue weighted by atomic mass is 10.2. The molecule has 0 atom stereocenters. The zero-order valence-corrected chi connectivity index (χ0v) is 18.7. The summed E-state index contributed by atoms with van der Waals surface area (Å²) in [4.78, 5) is 28.3. The summed E-state index contributed by atoms with van der Waals surface area (Å²) in [7, 11) is 0. The Bertz CT molecular complexity index is 1350. The number of hydrogen-bond donors (Lipinski definition) is 2. The van der Waals surface area contributed by atoms with E-state index in [1.807, 2.05) is 0 Å². The van der Waals surface area contributed by atoms with Crippen molar-refractivity contribution in [3.05, 3.63) is 100 Å². The molecule has 2 amide bonds. The molecule has 0 fully saturated rings. The largest absolute Gasteiger partial charge is 0.439 e. The number of pyridine rings is 1. The molecule has 3 N–H and O–H groups in total. The SMILES string of the molecule is Cc1nn(Cc2ccc(F)cc2)c(Cl)c1C(=O)Nc1ccc(Oc2cccc(C(N)=O)c2)nc1. The third-order valence-corrected chi connectivity index (χ3v) is 5.26. The molecule has 0 radical (unpaired) electrons. The van der Waals surface area contributed by atoms with Crippen molar-refractivity contribution in [3.63, 3.8) is 0 Å². The molecule has 4 aromatic rings. The number of benzene rings is 2. The number of primary amides is 1. The summed E-state index contributed by atoms with van der Waals surface area (Å²) in [6.07, 6.45) is 1.43. The number of anilines is 1. The van der Waals surface area contributed by atoms with Crippen LogP contribution in [0.1, 0.15) is 32.0 Å². The maximum Gasteiger partial charge on any atom is 0.260 e. The maximum atomic E-state index is 13.1. The fourth-order valence-corrected chi connectivity index (χ4v) is 3.54. The van der Waals surface area contributed by atoms with Gasteiger partial charge in [0.2, 0.25) is 11.8 Å². The Hall–Kier alpha value is -4.24. The molecule has 172 valence electrons. The number of halogens is 2. The van der Waals surface area contributed by atoms with Gasteiger partial charge in [0.05, 0.1) is 29.7 Å². The third kappa shape index (κ3) is 5.21. The molecule has 0 aliphatic rings. The molecule has 0 bridgehead atoms. The van der Waals surface area contributed by atoms with Crippen molar-refractivity contribution in [2.75, 3.05) is 5.32 Å². The van der Waals surface area contributed by atoms with Crippen LogP contribution in [0, 0.1) is 12.7 Å². The number of nitrogens with two attached hydrogens (primary N) is 1. The van der Waals surface area contributed by atoms with E-state index in [4.69, 9.17) is 22.1 Å². The molecule has 2 aromatic heterocycles. The molecule has 8 nitrogen and oxygen atoms in total. The number of rotatable bonds is 7. The highest BCUT2D eigenvalue weighted by Gasteiger charge is 2.21. The number of carbonyl (C=O) groups excluding carboxylic acids is 2. The van der Waals surface area contributed by atoms with Crippen molar-refractivity contribution in [3.8, 4) is 11.6 Å². The van der Waals surface area contributed by atoms with Crippen LogP contribution in [0.15, 0.2) is 66.9 Å². The number of amides is 2. The Morgan fingerprint density at radius 2 is 1.91 bits per heavy atom. The minimum absolute atomic E-state index is 0.168. The normalized spacial score (nSPS) is 10.7. The highest BCUT2D eigenvalue weighted by molar-refractivity contribution is 6.33. The highest BCUT2D eigenvalue weighted by Crippen LogP contribution is 2.24. The van der Waals surface area contributed by atoms with Crippen molar-refractivity contribution in [1.82, 2.24) is 14.8 Å². The quantitative estimate of drug-likeness (QED) is 0.403. The Balaban J connectivity index is 1.44. The van der Waals surface area contributed by atoms with Gasteiger partial charge in [0.1, 0.15) is 16.7 Å². The Morgan fingerprint density at radius 1 is 1.15 bits per heavy atom. The zero-order valence-electron chi connectivity index (χ0n) is 18.0. The van der Waals surface area contributed by atoms with Gasteiger partial charge in [-0.25, -0.2) is 14.1 Å². The van der Waals surface area contributed by atoms with E-state index in [0.717, 1.165) is 5.56 Å². The zero-order chi connectivity index (χ0) is 24.2. The second kappa shape index (κ2) is 9.72. The molecule has 4 rings (SSSR count). The number of nitrogens with one attached hydrogen (secondary N) is 1. The first-order valence-corrected chi connectivity index (χ1v) is 10.5. The van der Waals surface area contributed by atoms with E-state index in [-0.39, 0.29) is 29.0 Å². The summed E-state index contributed by atoms with van der Waals surface area (Å²) in [5.41, 5.74) is 7.48. The molecule has 0 spiro atoms. The fraction of sp³-hybridized carbons (Fsp3) is 0.0833. The second-order valence-corrected chi connectivity index (χ2v) is 7.73. The minimum atomic E-state index is -0.564. The molecule has 0 saturated carbocycles. The van der Waals surface area contributed by atoms with Gasteiger partial charge in [-0.15, -0.1) is 0 Å². The Morgan fingerprint density at radius 3 is 2.59 bits per heavy atom. The Kier molecular flexibility index (Phi) is 6.55. The van der Waals surface area contributed by atoms with Gasteiger partial charge in [0.15, 0.2) is 0 Å². The monoisotopic (exact) mass is 479 g/mol. The average Bonchev–Trinajstić information content (AvgIpc) is 3.09. The molecule has 0 saturated heterocycles. The molecule has 0 aliphatic heterocycles. The predicted molar refractivity (Wildman–Crippen MR) is 125 cm³/mol. The van der Waals surface area contributed by atoms with Crippen LogP contribution in [0.5, 0.6) is 11.6 Å². The summed E-state index contributed by atoms with van der Waals surface area (Å²) in [5, 5.41) is 7.23. The third-order valence-electron chi connectivity index (χ3n) is 4.87. The minimum Gasteiger partial charge on any atom is -0.439 e. The number of nitrogens with zero attached hydrogens (tertiary/aromatic N) is 3. The number of aryl methyl sites for hydroxylation is 1. The smallest absolute Gasteiger partial charge is 0.260 e. The van der Waals surface area contributed by atoms with Crippen LogP contribution in [-0.4, -0.2) is 26.6 Å². The topological polar surface area (TPSA) is 112 Å². The second-order valence-electron chi connectivity index (χ2n) is 7.37. The lowest BCUT2D eigenvalue weighted by molar-refractivity contribution is 0.0997. The van der Waals surface area contributed by atoms with Gasteiger partial charge in [-0.2, -0.15) is 5.10 Å². The lowest BCUT2D eigenvalue weighted by Gasteiger charge is -2.08. The van der Waals surface area contributed by atoms with Crippen molar-refractivity contribution < 1.29 is 18.7 Å². The van der Waals surface area contributed by atoms with E-state index in [9.17, 15) is 14.0 Å². The van der Waals surface area contributed by atoms with E-state index >= 15 is 0 Å². The first kappa shape index (κ1) is 22.9. The van der Waals surface area contributed by atoms with Gasteiger partial charge in [-0.05, 0) is 48.9 Å². The number of hydrogen-bond acceptors (Lipinski definition) is 5. The average molecular weight is 480 g/mol. The summed E-state index contributed by atoms with van der Waals surface area (Å²) < 4.78 is 20.2. The number of aromatic nitrogens is 3. The molecule has 0 unspecified atom stereocenters. The molecule has 34 heavy (non-hydrogen) atoms. The van der Waals surface area contributed by atoms with Crippen LogP contribution in [0.2, 0.25) is 5.15 Å². The Labute approximate surface area is 199 Å². The van der Waals surface area contributed by atoms with Crippen LogP contribution < -0.4 is 15.8 Å². The highest BCUT2D eigenvalue weighted by atomic mass is 35.5. The predicted octanol–water partition coefficient (Wildman–Crippen LogP) is 4.57. The van der Waals surface area contributed by atoms with Gasteiger partial charge in [0.25, 0.3) is 5.91 Å². The van der Waals surface area contributed by atoms with Crippen LogP contribution in [0.4, 0.5) is 10.1 Å². The maximum absolute atomic E-state index is 13.1. The van der Waals surface area contributed by atoms with Crippen molar-refractivity contribution in [2.45, 2.75) is 13.5 Å². The van der Waals surface area contributed by atoms with E-state index < -0.39 is 11.8 Å². The van der Waals surface area contributed by atoms with Gasteiger partial charge in [-0.1, -0.05) is 29.8 Å². The summed E-state index contributed by atoms with van der Waals surface area (Å²) in [5.74, 6) is -0.683. The van der Waals surface area contributed by atoms with E-state index in [1.54, 1.807) is 49.4 Å².